The summed E-state index contributed by atoms with van der Waals surface area (Å²) in [5, 5.41) is 25.2. The van der Waals surface area contributed by atoms with Crippen LogP contribution in [0.5, 0.6) is 0 Å². The number of rotatable bonds is 1. The van der Waals surface area contributed by atoms with Crippen molar-refractivity contribution in [1.82, 2.24) is 5.06 Å². The van der Waals surface area contributed by atoms with Crippen LogP contribution in [0.1, 0.15) is 6.92 Å². The van der Waals surface area contributed by atoms with E-state index in [1.165, 1.54) is 0 Å². The maximum atomic E-state index is 8.33. The number of hydroxylamine groups is 2. The van der Waals surface area contributed by atoms with E-state index in [2.05, 4.69) is 0 Å². The molecule has 3 N–H and O–H groups in total. The maximum Gasteiger partial charge on any atom is 0.243 e. The minimum atomic E-state index is -2.11. The lowest BCUT2D eigenvalue weighted by Gasteiger charge is -2.20. The standard InChI is InChI=1S/C3H9NO3.ClH/c1-3(5,6)4(2)7;/h5-7H,1-2H3;1H. The molecule has 0 aliphatic heterocycles. The highest BCUT2D eigenvalue weighted by Gasteiger charge is 2.18. The van der Waals surface area contributed by atoms with Crippen LogP contribution in [0.4, 0.5) is 0 Å². The summed E-state index contributed by atoms with van der Waals surface area (Å²) >= 11 is 0. The van der Waals surface area contributed by atoms with Gasteiger partial charge in [-0.15, -0.1) is 17.5 Å². The lowest BCUT2D eigenvalue weighted by Crippen LogP contribution is -2.40. The largest absolute Gasteiger partial charge is 0.352 e. The molecule has 0 atom stereocenters. The van der Waals surface area contributed by atoms with Crippen LogP contribution in [0.15, 0.2) is 0 Å². The molecule has 0 bridgehead atoms. The fourth-order valence-electron chi connectivity index (χ4n) is 0. The Kier molecular flexibility index (Phi) is 4.42. The fourth-order valence-corrected chi connectivity index (χ4v) is 0. The van der Waals surface area contributed by atoms with Gasteiger partial charge >= 0.3 is 0 Å². The topological polar surface area (TPSA) is 63.9 Å². The number of nitrogens with zero attached hydrogens (tertiary/aromatic N) is 1. The summed E-state index contributed by atoms with van der Waals surface area (Å²) in [4.78, 5) is 0. The Balaban J connectivity index is 0. The van der Waals surface area contributed by atoms with Gasteiger partial charge in [0.25, 0.3) is 0 Å². The molecule has 0 aromatic heterocycles. The van der Waals surface area contributed by atoms with Gasteiger partial charge in [-0.1, -0.05) is 0 Å². The summed E-state index contributed by atoms with van der Waals surface area (Å²) in [5.41, 5.74) is 0. The lowest BCUT2D eigenvalue weighted by molar-refractivity contribution is -0.340. The first-order chi connectivity index (χ1) is 2.94. The van der Waals surface area contributed by atoms with Crippen molar-refractivity contribution < 1.29 is 15.4 Å². The second-order valence-corrected chi connectivity index (χ2v) is 1.49. The number of hydrogen-bond acceptors (Lipinski definition) is 4. The van der Waals surface area contributed by atoms with Crippen molar-refractivity contribution in [3.8, 4) is 0 Å². The van der Waals surface area contributed by atoms with Crippen molar-refractivity contribution in [2.75, 3.05) is 7.05 Å². The molecule has 0 aliphatic rings. The van der Waals surface area contributed by atoms with Gasteiger partial charge in [-0.05, 0) is 0 Å². The van der Waals surface area contributed by atoms with E-state index < -0.39 is 5.91 Å². The molecule has 0 aromatic rings. The molecule has 0 aromatic carbocycles. The molecule has 0 radical (unpaired) electrons. The van der Waals surface area contributed by atoms with Crippen LogP contribution in [0.2, 0.25) is 0 Å². The van der Waals surface area contributed by atoms with Crippen LogP contribution >= 0.6 is 12.4 Å². The quantitative estimate of drug-likeness (QED) is 0.339. The minimum Gasteiger partial charge on any atom is -0.352 e. The summed E-state index contributed by atoms with van der Waals surface area (Å²) < 4.78 is 0. The highest BCUT2D eigenvalue weighted by molar-refractivity contribution is 5.85. The number of aliphatic hydroxyl groups is 2. The first-order valence-corrected chi connectivity index (χ1v) is 1.82. The number of hydrogen-bond donors (Lipinski definition) is 3. The molecular formula is C3H10ClNO3. The van der Waals surface area contributed by atoms with E-state index >= 15 is 0 Å². The number of halogens is 1. The van der Waals surface area contributed by atoms with Crippen LogP contribution in [0, 0.1) is 0 Å². The average Bonchev–Trinajstić information content (AvgIpc) is 1.31. The van der Waals surface area contributed by atoms with E-state index in [1.807, 2.05) is 0 Å². The zero-order valence-electron chi connectivity index (χ0n) is 4.70. The zero-order chi connectivity index (χ0) is 6.08. The van der Waals surface area contributed by atoms with Gasteiger partial charge < -0.3 is 15.4 Å². The molecule has 5 heteroatoms. The Morgan fingerprint density at radius 3 is 1.50 bits per heavy atom. The molecule has 0 heterocycles. The van der Waals surface area contributed by atoms with E-state index in [9.17, 15) is 0 Å². The molecule has 0 unspecified atom stereocenters. The molecule has 0 amide bonds. The fraction of sp³-hybridized carbons (Fsp3) is 1.00. The molecule has 8 heavy (non-hydrogen) atoms. The second kappa shape index (κ2) is 3.21. The smallest absolute Gasteiger partial charge is 0.243 e. The maximum absolute atomic E-state index is 8.33. The van der Waals surface area contributed by atoms with E-state index in [4.69, 9.17) is 15.4 Å². The Hall–Kier alpha value is 0.130. The summed E-state index contributed by atoms with van der Waals surface area (Å²) in [6.07, 6.45) is 0. The Morgan fingerprint density at radius 2 is 1.50 bits per heavy atom. The van der Waals surface area contributed by atoms with Gasteiger partial charge in [0.2, 0.25) is 5.91 Å². The summed E-state index contributed by atoms with van der Waals surface area (Å²) in [7, 11) is 1.14. The monoisotopic (exact) mass is 143 g/mol. The van der Waals surface area contributed by atoms with Crippen LogP contribution < -0.4 is 0 Å². The highest BCUT2D eigenvalue weighted by atomic mass is 35.5. The van der Waals surface area contributed by atoms with Gasteiger partial charge in [-0.25, -0.2) is 0 Å². The summed E-state index contributed by atoms with van der Waals surface area (Å²) in [6, 6.07) is 0. The first-order valence-electron chi connectivity index (χ1n) is 1.82. The third kappa shape index (κ3) is 4.29. The minimum absolute atomic E-state index is 0. The molecule has 0 saturated carbocycles. The molecule has 0 rings (SSSR count). The van der Waals surface area contributed by atoms with Crippen molar-refractivity contribution >= 4 is 12.4 Å². The molecule has 0 aliphatic carbocycles. The van der Waals surface area contributed by atoms with Crippen molar-refractivity contribution in [3.63, 3.8) is 0 Å². The summed E-state index contributed by atoms with van der Waals surface area (Å²) in [5.74, 6) is -2.11. The molecule has 4 nitrogen and oxygen atoms in total. The van der Waals surface area contributed by atoms with E-state index in [0.29, 0.717) is 5.06 Å². The van der Waals surface area contributed by atoms with Crippen LogP contribution in [0.25, 0.3) is 0 Å². The van der Waals surface area contributed by atoms with Crippen molar-refractivity contribution in [3.05, 3.63) is 0 Å². The third-order valence-corrected chi connectivity index (χ3v) is 0.613. The second-order valence-electron chi connectivity index (χ2n) is 1.49. The van der Waals surface area contributed by atoms with Crippen molar-refractivity contribution in [2.45, 2.75) is 12.8 Å². The van der Waals surface area contributed by atoms with E-state index in [0.717, 1.165) is 14.0 Å². The van der Waals surface area contributed by atoms with Crippen LogP contribution in [-0.2, 0) is 0 Å². The summed E-state index contributed by atoms with van der Waals surface area (Å²) in [6.45, 7) is 1.05. The van der Waals surface area contributed by atoms with Crippen LogP contribution in [0.3, 0.4) is 0 Å². The van der Waals surface area contributed by atoms with Gasteiger partial charge in [0.05, 0.1) is 0 Å². The molecule has 0 spiro atoms. The predicted molar refractivity (Wildman–Crippen MR) is 29.6 cm³/mol. The molecule has 0 saturated heterocycles. The van der Waals surface area contributed by atoms with E-state index in [-0.39, 0.29) is 12.4 Å². The Bertz CT molecular complexity index is 60.0. The van der Waals surface area contributed by atoms with Gasteiger partial charge in [0.1, 0.15) is 0 Å². The SMILES string of the molecule is CN(O)C(C)(O)O.Cl. The van der Waals surface area contributed by atoms with Crippen LogP contribution in [-0.4, -0.2) is 33.4 Å². The molecule has 52 valence electrons. The van der Waals surface area contributed by atoms with Crippen molar-refractivity contribution in [1.29, 1.82) is 0 Å². The third-order valence-electron chi connectivity index (χ3n) is 0.613. The molecular weight excluding hydrogens is 133 g/mol. The zero-order valence-corrected chi connectivity index (χ0v) is 5.51. The van der Waals surface area contributed by atoms with Crippen molar-refractivity contribution in [2.24, 2.45) is 0 Å². The van der Waals surface area contributed by atoms with Gasteiger partial charge in [0.15, 0.2) is 0 Å². The van der Waals surface area contributed by atoms with E-state index in [1.54, 1.807) is 0 Å². The van der Waals surface area contributed by atoms with Gasteiger partial charge in [0, 0.05) is 14.0 Å². The molecule has 0 fully saturated rings. The van der Waals surface area contributed by atoms with Gasteiger partial charge in [-0.2, -0.15) is 0 Å². The van der Waals surface area contributed by atoms with Gasteiger partial charge in [-0.3, -0.25) is 0 Å². The highest BCUT2D eigenvalue weighted by Crippen LogP contribution is 1.96. The normalized spacial score (nSPS) is 11.2. The Labute approximate surface area is 53.7 Å². The average molecular weight is 144 g/mol. The predicted octanol–water partition coefficient (Wildman–Crippen LogP) is -0.612. The Morgan fingerprint density at radius 1 is 1.38 bits per heavy atom. The lowest BCUT2D eigenvalue weighted by atomic mass is 10.6. The first kappa shape index (κ1) is 11.0.